The smallest absolute Gasteiger partial charge is 0.175 e. The minimum absolute atomic E-state index is 0.196. The van der Waals surface area contributed by atoms with Crippen molar-refractivity contribution in [1.82, 2.24) is 0 Å². The molecule has 1 heterocycles. The van der Waals surface area contributed by atoms with Gasteiger partial charge in [0.05, 0.1) is 5.60 Å². The average molecular weight is 142 g/mol. The normalized spacial score (nSPS) is 31.6. The van der Waals surface area contributed by atoms with Gasteiger partial charge in [-0.15, -0.1) is 0 Å². The van der Waals surface area contributed by atoms with Crippen LogP contribution in [-0.4, -0.2) is 17.0 Å². The van der Waals surface area contributed by atoms with Crippen LogP contribution in [0.25, 0.3) is 0 Å². The van der Waals surface area contributed by atoms with Crippen LogP contribution in [0, 0.1) is 0 Å². The highest BCUT2D eigenvalue weighted by Gasteiger charge is 2.26. The fourth-order valence-electron chi connectivity index (χ4n) is 1.38. The van der Waals surface area contributed by atoms with Crippen molar-refractivity contribution in [1.29, 1.82) is 0 Å². The highest BCUT2D eigenvalue weighted by molar-refractivity contribution is 5.07. The Morgan fingerprint density at radius 2 is 2.30 bits per heavy atom. The van der Waals surface area contributed by atoms with E-state index in [1.54, 1.807) is 6.08 Å². The van der Waals surface area contributed by atoms with E-state index < -0.39 is 6.29 Å². The van der Waals surface area contributed by atoms with Crippen LogP contribution in [0.5, 0.6) is 0 Å². The fourth-order valence-corrected chi connectivity index (χ4v) is 1.38. The van der Waals surface area contributed by atoms with Crippen LogP contribution in [0.15, 0.2) is 11.6 Å². The molecule has 0 radical (unpaired) electrons. The first-order valence-electron chi connectivity index (χ1n) is 3.53. The van der Waals surface area contributed by atoms with Gasteiger partial charge in [-0.1, -0.05) is 5.57 Å². The van der Waals surface area contributed by atoms with Gasteiger partial charge in [-0.25, -0.2) is 0 Å². The van der Waals surface area contributed by atoms with Crippen molar-refractivity contribution in [3.63, 3.8) is 0 Å². The minimum atomic E-state index is -0.705. The first-order valence-corrected chi connectivity index (χ1v) is 3.53. The van der Waals surface area contributed by atoms with E-state index in [1.807, 2.05) is 20.8 Å². The second-order valence-electron chi connectivity index (χ2n) is 3.46. The van der Waals surface area contributed by atoms with Crippen molar-refractivity contribution >= 4 is 0 Å². The number of aliphatic hydroxyl groups is 1. The van der Waals surface area contributed by atoms with Crippen LogP contribution >= 0.6 is 0 Å². The van der Waals surface area contributed by atoms with Crippen molar-refractivity contribution in [2.24, 2.45) is 0 Å². The molecule has 0 aromatic rings. The Kier molecular flexibility index (Phi) is 1.84. The number of ether oxygens (including phenoxy) is 1. The zero-order chi connectivity index (χ0) is 7.78. The molecule has 0 saturated carbocycles. The predicted molar refractivity (Wildman–Crippen MR) is 39.5 cm³/mol. The molecule has 1 aliphatic rings. The summed E-state index contributed by atoms with van der Waals surface area (Å²) >= 11 is 0. The highest BCUT2D eigenvalue weighted by atomic mass is 16.6. The minimum Gasteiger partial charge on any atom is -0.365 e. The Morgan fingerprint density at radius 3 is 2.70 bits per heavy atom. The van der Waals surface area contributed by atoms with E-state index in [-0.39, 0.29) is 5.60 Å². The van der Waals surface area contributed by atoms with Crippen molar-refractivity contribution < 1.29 is 9.84 Å². The lowest BCUT2D eigenvalue weighted by atomic mass is 9.97. The molecule has 0 amide bonds. The summed E-state index contributed by atoms with van der Waals surface area (Å²) < 4.78 is 5.22. The van der Waals surface area contributed by atoms with E-state index in [0.717, 1.165) is 6.42 Å². The fraction of sp³-hybridized carbons (Fsp3) is 0.750. The zero-order valence-electron chi connectivity index (χ0n) is 6.72. The van der Waals surface area contributed by atoms with Gasteiger partial charge in [0, 0.05) is 0 Å². The molecular formula is C8H14O2. The van der Waals surface area contributed by atoms with Gasteiger partial charge in [0.25, 0.3) is 0 Å². The molecule has 0 saturated heterocycles. The summed E-state index contributed by atoms with van der Waals surface area (Å²) in [6, 6.07) is 0. The van der Waals surface area contributed by atoms with Crippen molar-refractivity contribution in [3.8, 4) is 0 Å². The van der Waals surface area contributed by atoms with Crippen LogP contribution < -0.4 is 0 Å². The third kappa shape index (κ3) is 1.82. The molecule has 10 heavy (non-hydrogen) atoms. The maximum atomic E-state index is 9.12. The molecule has 2 nitrogen and oxygen atoms in total. The van der Waals surface area contributed by atoms with Crippen molar-refractivity contribution in [2.75, 3.05) is 0 Å². The lowest BCUT2D eigenvalue weighted by molar-refractivity contribution is -0.153. The summed E-state index contributed by atoms with van der Waals surface area (Å²) in [6.45, 7) is 5.97. The summed E-state index contributed by atoms with van der Waals surface area (Å²) in [5.74, 6) is 0. The molecule has 1 aliphatic heterocycles. The van der Waals surface area contributed by atoms with Gasteiger partial charge in [-0.3, -0.25) is 0 Å². The maximum Gasteiger partial charge on any atom is 0.175 e. The molecule has 0 aliphatic carbocycles. The molecule has 1 rings (SSSR count). The van der Waals surface area contributed by atoms with Crippen LogP contribution in [0.4, 0.5) is 0 Å². The van der Waals surface area contributed by atoms with Gasteiger partial charge in [0.2, 0.25) is 0 Å². The summed E-state index contributed by atoms with van der Waals surface area (Å²) in [6.07, 6.45) is 1.94. The van der Waals surface area contributed by atoms with E-state index in [0.29, 0.717) is 0 Å². The molecule has 0 aromatic heterocycles. The van der Waals surface area contributed by atoms with E-state index in [1.165, 1.54) is 5.57 Å². The lowest BCUT2D eigenvalue weighted by Gasteiger charge is -2.31. The number of rotatable bonds is 0. The van der Waals surface area contributed by atoms with Crippen molar-refractivity contribution in [3.05, 3.63) is 11.6 Å². The SMILES string of the molecule is CC1=CC(O)OC(C)(C)C1. The predicted octanol–water partition coefficient (Wildman–Crippen LogP) is 1.45. The third-order valence-corrected chi connectivity index (χ3v) is 1.57. The van der Waals surface area contributed by atoms with Crippen LogP contribution in [0.1, 0.15) is 27.2 Å². The van der Waals surface area contributed by atoms with Crippen molar-refractivity contribution in [2.45, 2.75) is 39.1 Å². The van der Waals surface area contributed by atoms with Gasteiger partial charge < -0.3 is 9.84 Å². The van der Waals surface area contributed by atoms with Gasteiger partial charge >= 0.3 is 0 Å². The van der Waals surface area contributed by atoms with Crippen LogP contribution in [-0.2, 0) is 4.74 Å². The van der Waals surface area contributed by atoms with Gasteiger partial charge in [0.15, 0.2) is 6.29 Å². The second kappa shape index (κ2) is 2.36. The summed E-state index contributed by atoms with van der Waals surface area (Å²) in [7, 11) is 0. The molecular weight excluding hydrogens is 128 g/mol. The number of hydrogen-bond donors (Lipinski definition) is 1. The Balaban J connectivity index is 2.70. The summed E-state index contributed by atoms with van der Waals surface area (Å²) in [4.78, 5) is 0. The standard InChI is InChI=1S/C8H14O2/c1-6-4-7(9)10-8(2,3)5-6/h4,7,9H,5H2,1-3H3. The molecule has 1 N–H and O–H groups in total. The van der Waals surface area contributed by atoms with Gasteiger partial charge in [-0.2, -0.15) is 0 Å². The molecule has 58 valence electrons. The maximum absolute atomic E-state index is 9.12. The number of hydrogen-bond acceptors (Lipinski definition) is 2. The molecule has 0 aromatic carbocycles. The second-order valence-corrected chi connectivity index (χ2v) is 3.46. The van der Waals surface area contributed by atoms with E-state index >= 15 is 0 Å². The highest BCUT2D eigenvalue weighted by Crippen LogP contribution is 2.26. The van der Waals surface area contributed by atoms with Crippen LogP contribution in [0.2, 0.25) is 0 Å². The molecule has 1 atom stereocenters. The third-order valence-electron chi connectivity index (χ3n) is 1.57. The van der Waals surface area contributed by atoms with E-state index in [4.69, 9.17) is 9.84 Å². The first-order chi connectivity index (χ1) is 4.49. The monoisotopic (exact) mass is 142 g/mol. The van der Waals surface area contributed by atoms with E-state index in [9.17, 15) is 0 Å². The molecule has 0 fully saturated rings. The Bertz CT molecular complexity index is 159. The summed E-state index contributed by atoms with van der Waals surface area (Å²) in [5.41, 5.74) is 1.00. The molecule has 0 spiro atoms. The average Bonchev–Trinajstić information content (AvgIpc) is 1.54. The largest absolute Gasteiger partial charge is 0.365 e. The molecule has 1 unspecified atom stereocenters. The summed E-state index contributed by atoms with van der Waals surface area (Å²) in [5, 5.41) is 9.12. The quantitative estimate of drug-likeness (QED) is 0.519. The van der Waals surface area contributed by atoms with Gasteiger partial charge in [-0.05, 0) is 33.3 Å². The molecule has 2 heteroatoms. The zero-order valence-corrected chi connectivity index (χ0v) is 6.72. The van der Waals surface area contributed by atoms with E-state index in [2.05, 4.69) is 0 Å². The molecule has 0 bridgehead atoms. The topological polar surface area (TPSA) is 29.5 Å². The van der Waals surface area contributed by atoms with Gasteiger partial charge in [0.1, 0.15) is 0 Å². The first kappa shape index (κ1) is 7.76. The number of aliphatic hydroxyl groups excluding tert-OH is 1. The Labute approximate surface area is 61.5 Å². The Hall–Kier alpha value is -0.340. The Morgan fingerprint density at radius 1 is 1.70 bits per heavy atom. The van der Waals surface area contributed by atoms with Crippen LogP contribution in [0.3, 0.4) is 0 Å². The lowest BCUT2D eigenvalue weighted by Crippen LogP contribution is -2.33.